The average Bonchev–Trinajstić information content (AvgIpc) is 3.54. The first-order valence-corrected chi connectivity index (χ1v) is 12.0. The summed E-state index contributed by atoms with van der Waals surface area (Å²) in [6.45, 7) is 3.06. The van der Waals surface area contributed by atoms with E-state index in [1.165, 1.54) is 6.08 Å². The van der Waals surface area contributed by atoms with Crippen molar-refractivity contribution in [2.75, 3.05) is 6.54 Å². The van der Waals surface area contributed by atoms with Gasteiger partial charge in [-0.15, -0.1) is 0 Å². The van der Waals surface area contributed by atoms with Crippen LogP contribution >= 0.6 is 23.2 Å². The molecule has 0 saturated heterocycles. The van der Waals surface area contributed by atoms with Crippen LogP contribution in [0, 0.1) is 6.92 Å². The van der Waals surface area contributed by atoms with Crippen LogP contribution in [0.3, 0.4) is 0 Å². The van der Waals surface area contributed by atoms with E-state index in [2.05, 4.69) is 15.6 Å². The number of halogens is 2. The molecule has 0 radical (unpaired) electrons. The van der Waals surface area contributed by atoms with Crippen LogP contribution in [0.4, 0.5) is 0 Å². The molecule has 0 atom stereocenters. The van der Waals surface area contributed by atoms with Gasteiger partial charge in [-0.2, -0.15) is 0 Å². The van der Waals surface area contributed by atoms with E-state index >= 15 is 0 Å². The fraction of sp³-hybridized carbons (Fsp3) is 0.148. The second kappa shape index (κ2) is 11.7. The molecular weight excluding hydrogens is 499 g/mol. The predicted molar refractivity (Wildman–Crippen MR) is 141 cm³/mol. The molecule has 0 saturated carbocycles. The van der Waals surface area contributed by atoms with Gasteiger partial charge in [0.15, 0.2) is 0 Å². The minimum atomic E-state index is -0.427. The van der Waals surface area contributed by atoms with Gasteiger partial charge in [0, 0.05) is 47.7 Å². The lowest BCUT2D eigenvalue weighted by Crippen LogP contribution is -2.35. The Bertz CT molecular complexity index is 1380. The second-order valence-electron chi connectivity index (χ2n) is 8.11. The molecule has 0 aliphatic heterocycles. The minimum absolute atomic E-state index is 0.0614. The number of nitrogens with one attached hydrogen (secondary N) is 2. The summed E-state index contributed by atoms with van der Waals surface area (Å²) in [7, 11) is 0. The van der Waals surface area contributed by atoms with Crippen molar-refractivity contribution in [1.82, 2.24) is 20.2 Å². The number of amides is 2. The van der Waals surface area contributed by atoms with E-state index in [-0.39, 0.29) is 5.70 Å². The van der Waals surface area contributed by atoms with E-state index in [0.29, 0.717) is 52.2 Å². The number of carbonyl (C=O) groups excluding carboxylic acids is 2. The third kappa shape index (κ3) is 6.65. The van der Waals surface area contributed by atoms with E-state index in [9.17, 15) is 9.59 Å². The van der Waals surface area contributed by atoms with Crippen LogP contribution in [0.15, 0.2) is 83.4 Å². The Balaban J connectivity index is 1.52. The van der Waals surface area contributed by atoms with Crippen LogP contribution in [0.1, 0.15) is 28.1 Å². The Morgan fingerprint density at radius 3 is 2.61 bits per heavy atom. The summed E-state index contributed by atoms with van der Waals surface area (Å²) in [5.41, 5.74) is 2.19. The number of hydrogen-bond donors (Lipinski definition) is 2. The molecule has 7 nitrogen and oxygen atoms in total. The topological polar surface area (TPSA) is 89.2 Å². The first kappa shape index (κ1) is 25.3. The van der Waals surface area contributed by atoms with Crippen molar-refractivity contribution in [2.24, 2.45) is 0 Å². The van der Waals surface area contributed by atoms with E-state index in [0.717, 1.165) is 5.56 Å². The molecule has 36 heavy (non-hydrogen) atoms. The smallest absolute Gasteiger partial charge is 0.267 e. The first-order chi connectivity index (χ1) is 17.4. The normalized spacial score (nSPS) is 11.4. The molecule has 2 aromatic carbocycles. The number of benzene rings is 2. The van der Waals surface area contributed by atoms with Gasteiger partial charge in [-0.1, -0.05) is 40.9 Å². The standard InChI is InChI=1S/C27H24Cl2N4O3/c1-18-3-5-19(6-4-18)26(34)32-24(27(35)31-11-2-13-33-14-12-30-17-33)16-21-8-10-25(36-21)22-9-7-20(28)15-23(22)29/h3-10,12,14-17H,2,11,13H2,1H3,(H,31,35)(H,32,34)/b24-16+. The molecule has 2 aromatic heterocycles. The quantitative estimate of drug-likeness (QED) is 0.217. The summed E-state index contributed by atoms with van der Waals surface area (Å²) < 4.78 is 7.83. The van der Waals surface area contributed by atoms with E-state index in [1.54, 1.807) is 55.0 Å². The molecule has 4 rings (SSSR count). The van der Waals surface area contributed by atoms with Gasteiger partial charge in [0.1, 0.15) is 17.2 Å². The van der Waals surface area contributed by atoms with Gasteiger partial charge in [0.05, 0.1) is 11.3 Å². The van der Waals surface area contributed by atoms with Crippen molar-refractivity contribution in [3.05, 3.63) is 106 Å². The van der Waals surface area contributed by atoms with Gasteiger partial charge in [-0.05, 0) is 55.8 Å². The van der Waals surface area contributed by atoms with Crippen LogP contribution in [0.5, 0.6) is 0 Å². The van der Waals surface area contributed by atoms with Gasteiger partial charge >= 0.3 is 0 Å². The number of hydrogen-bond acceptors (Lipinski definition) is 4. The molecule has 0 aliphatic carbocycles. The molecule has 0 fully saturated rings. The molecule has 2 amide bonds. The third-order valence-corrected chi connectivity index (χ3v) is 5.90. The summed E-state index contributed by atoms with van der Waals surface area (Å²) in [6, 6.07) is 15.6. The van der Waals surface area contributed by atoms with Crippen molar-refractivity contribution in [3.63, 3.8) is 0 Å². The van der Waals surface area contributed by atoms with Crippen molar-refractivity contribution < 1.29 is 14.0 Å². The zero-order valence-electron chi connectivity index (χ0n) is 19.5. The number of carbonyl (C=O) groups is 2. The zero-order valence-corrected chi connectivity index (χ0v) is 21.0. The van der Waals surface area contributed by atoms with Gasteiger partial charge in [0.25, 0.3) is 11.8 Å². The van der Waals surface area contributed by atoms with Gasteiger partial charge in [-0.25, -0.2) is 4.98 Å². The average molecular weight is 523 g/mol. The van der Waals surface area contributed by atoms with E-state index < -0.39 is 11.8 Å². The number of aromatic nitrogens is 2. The van der Waals surface area contributed by atoms with E-state index in [1.807, 2.05) is 29.8 Å². The highest BCUT2D eigenvalue weighted by Gasteiger charge is 2.16. The highest BCUT2D eigenvalue weighted by Crippen LogP contribution is 2.32. The molecule has 0 bridgehead atoms. The Labute approximate surface area is 218 Å². The number of imidazole rings is 1. The number of aryl methyl sites for hydroxylation is 2. The molecule has 2 heterocycles. The molecule has 0 aliphatic rings. The maximum Gasteiger partial charge on any atom is 0.267 e. The minimum Gasteiger partial charge on any atom is -0.457 e. The van der Waals surface area contributed by atoms with Crippen molar-refractivity contribution in [1.29, 1.82) is 0 Å². The highest BCUT2D eigenvalue weighted by molar-refractivity contribution is 6.36. The van der Waals surface area contributed by atoms with Crippen molar-refractivity contribution >= 4 is 41.1 Å². The first-order valence-electron chi connectivity index (χ1n) is 11.3. The summed E-state index contributed by atoms with van der Waals surface area (Å²) in [4.78, 5) is 29.9. The van der Waals surface area contributed by atoms with Crippen molar-refractivity contribution in [2.45, 2.75) is 19.9 Å². The SMILES string of the molecule is Cc1ccc(C(=O)N/C(=C/c2ccc(-c3ccc(Cl)cc3Cl)o2)C(=O)NCCCn2ccnc2)cc1. The molecule has 2 N–H and O–H groups in total. The van der Waals surface area contributed by atoms with Crippen molar-refractivity contribution in [3.8, 4) is 11.3 Å². The van der Waals surface area contributed by atoms with Crippen LogP contribution in [0.25, 0.3) is 17.4 Å². The maximum absolute atomic E-state index is 13.0. The van der Waals surface area contributed by atoms with Crippen LogP contribution in [-0.2, 0) is 11.3 Å². The molecule has 9 heteroatoms. The Morgan fingerprint density at radius 1 is 1.08 bits per heavy atom. The number of nitrogens with zero attached hydrogens (tertiary/aromatic N) is 2. The van der Waals surface area contributed by atoms with Gasteiger partial charge in [-0.3, -0.25) is 9.59 Å². The summed E-state index contributed by atoms with van der Waals surface area (Å²) in [5.74, 6) is 0.0579. The second-order valence-corrected chi connectivity index (χ2v) is 8.96. The predicted octanol–water partition coefficient (Wildman–Crippen LogP) is 5.74. The lowest BCUT2D eigenvalue weighted by Gasteiger charge is -2.11. The Kier molecular flexibility index (Phi) is 8.25. The third-order valence-electron chi connectivity index (χ3n) is 5.35. The fourth-order valence-electron chi connectivity index (χ4n) is 3.44. The molecule has 184 valence electrons. The Hall–Kier alpha value is -3.81. The summed E-state index contributed by atoms with van der Waals surface area (Å²) in [6.07, 6.45) is 7.47. The number of rotatable bonds is 9. The van der Waals surface area contributed by atoms with E-state index in [4.69, 9.17) is 27.6 Å². The lowest BCUT2D eigenvalue weighted by atomic mass is 10.1. The highest BCUT2D eigenvalue weighted by atomic mass is 35.5. The molecule has 0 unspecified atom stereocenters. The molecular formula is C27H24Cl2N4O3. The number of furan rings is 1. The zero-order chi connectivity index (χ0) is 25.5. The maximum atomic E-state index is 13.0. The van der Waals surface area contributed by atoms with Gasteiger partial charge in [0.2, 0.25) is 0 Å². The van der Waals surface area contributed by atoms with Crippen LogP contribution in [-0.4, -0.2) is 27.9 Å². The Morgan fingerprint density at radius 2 is 1.89 bits per heavy atom. The largest absolute Gasteiger partial charge is 0.457 e. The summed E-state index contributed by atoms with van der Waals surface area (Å²) >= 11 is 12.3. The summed E-state index contributed by atoms with van der Waals surface area (Å²) in [5, 5.41) is 6.52. The monoisotopic (exact) mass is 522 g/mol. The molecule has 0 spiro atoms. The van der Waals surface area contributed by atoms with Crippen LogP contribution in [0.2, 0.25) is 10.0 Å². The molecule has 4 aromatic rings. The fourth-order valence-corrected chi connectivity index (χ4v) is 3.94. The van der Waals surface area contributed by atoms with Crippen LogP contribution < -0.4 is 10.6 Å². The lowest BCUT2D eigenvalue weighted by molar-refractivity contribution is -0.117. The van der Waals surface area contributed by atoms with Gasteiger partial charge < -0.3 is 19.6 Å².